The predicted molar refractivity (Wildman–Crippen MR) is 75.9 cm³/mol. The summed E-state index contributed by atoms with van der Waals surface area (Å²) in [5.41, 5.74) is 12.3. The van der Waals surface area contributed by atoms with E-state index < -0.39 is 23.8 Å². The van der Waals surface area contributed by atoms with E-state index in [-0.39, 0.29) is 21.9 Å². The smallest absolute Gasteiger partial charge is 0.273 e. The largest absolute Gasteiger partial charge is 0.399 e. The van der Waals surface area contributed by atoms with Crippen LogP contribution in [-0.4, -0.2) is 28.9 Å². The van der Waals surface area contributed by atoms with Crippen LogP contribution in [0.1, 0.15) is 20.3 Å². The highest BCUT2D eigenvalue weighted by Gasteiger charge is 2.53. The molecule has 5 nitrogen and oxygen atoms in total. The Labute approximate surface area is 126 Å². The molecule has 8 heteroatoms. The van der Waals surface area contributed by atoms with Crippen LogP contribution in [0.5, 0.6) is 0 Å². The number of halogens is 3. The molecule has 0 spiro atoms. The van der Waals surface area contributed by atoms with E-state index in [1.54, 1.807) is 0 Å². The van der Waals surface area contributed by atoms with Crippen molar-refractivity contribution in [3.05, 3.63) is 34.2 Å². The van der Waals surface area contributed by atoms with Gasteiger partial charge in [0.05, 0.1) is 5.03 Å². The summed E-state index contributed by atoms with van der Waals surface area (Å²) in [4.78, 5) is 12.0. The first-order valence-corrected chi connectivity index (χ1v) is 6.80. The van der Waals surface area contributed by atoms with Gasteiger partial charge >= 0.3 is 0 Å². The minimum atomic E-state index is -3.10. The van der Waals surface area contributed by atoms with Crippen molar-refractivity contribution in [1.82, 2.24) is 10.4 Å². The highest BCUT2D eigenvalue weighted by Crippen LogP contribution is 2.44. The number of nitrogens with one attached hydrogen (secondary N) is 1. The Morgan fingerprint density at radius 3 is 2.67 bits per heavy atom. The Hall–Kier alpha value is -1.60. The number of allylic oxidation sites excluding steroid dienone is 2. The number of alkyl halides is 2. The lowest BCUT2D eigenvalue weighted by Gasteiger charge is -2.36. The van der Waals surface area contributed by atoms with Crippen LogP contribution in [0.3, 0.4) is 0 Å². The molecule has 0 aromatic rings. The molecule has 2 aliphatic rings. The van der Waals surface area contributed by atoms with Gasteiger partial charge < -0.3 is 16.5 Å². The number of hydrazine groups is 1. The maximum absolute atomic E-state index is 14.0. The van der Waals surface area contributed by atoms with Gasteiger partial charge in [-0.2, -0.15) is 0 Å². The van der Waals surface area contributed by atoms with Crippen LogP contribution in [0, 0.1) is 0 Å². The summed E-state index contributed by atoms with van der Waals surface area (Å²) in [5, 5.41) is 1.54. The van der Waals surface area contributed by atoms with Crippen LogP contribution < -0.4 is 16.9 Å². The minimum Gasteiger partial charge on any atom is -0.399 e. The lowest BCUT2D eigenvalue weighted by Crippen LogP contribution is -2.59. The third-order valence-electron chi connectivity index (χ3n) is 3.80. The van der Waals surface area contributed by atoms with Gasteiger partial charge in [-0.1, -0.05) is 11.6 Å². The zero-order valence-corrected chi connectivity index (χ0v) is 12.5. The van der Waals surface area contributed by atoms with E-state index in [1.165, 1.54) is 18.1 Å². The maximum atomic E-state index is 14.0. The Morgan fingerprint density at radius 1 is 1.57 bits per heavy atom. The van der Waals surface area contributed by atoms with Crippen LogP contribution in [0.25, 0.3) is 0 Å². The lowest BCUT2D eigenvalue weighted by atomic mass is 9.80. The maximum Gasteiger partial charge on any atom is 0.273 e. The van der Waals surface area contributed by atoms with Crippen molar-refractivity contribution in [3.63, 3.8) is 0 Å². The van der Waals surface area contributed by atoms with Gasteiger partial charge in [-0.25, -0.2) is 14.2 Å². The topological polar surface area (TPSA) is 84.4 Å². The number of primary amides is 1. The molecular weight excluding hydrogens is 302 g/mol. The third kappa shape index (κ3) is 2.30. The van der Waals surface area contributed by atoms with Crippen LogP contribution in [0.2, 0.25) is 0 Å². The van der Waals surface area contributed by atoms with Gasteiger partial charge in [0.1, 0.15) is 0 Å². The van der Waals surface area contributed by atoms with Crippen molar-refractivity contribution in [2.75, 3.05) is 6.54 Å². The van der Waals surface area contributed by atoms with E-state index in [0.29, 0.717) is 6.54 Å². The van der Waals surface area contributed by atoms with E-state index in [2.05, 4.69) is 5.43 Å². The number of hydrogen-bond acceptors (Lipinski definition) is 4. The molecule has 1 aliphatic carbocycles. The second-order valence-electron chi connectivity index (χ2n) is 5.13. The minimum absolute atomic E-state index is 0.0113. The summed E-state index contributed by atoms with van der Waals surface area (Å²) in [6.07, 6.45) is 1.90. The van der Waals surface area contributed by atoms with Gasteiger partial charge in [-0.05, 0) is 31.1 Å². The van der Waals surface area contributed by atoms with Crippen LogP contribution >= 0.6 is 11.6 Å². The number of rotatable bonds is 3. The fourth-order valence-corrected chi connectivity index (χ4v) is 2.84. The fourth-order valence-electron chi connectivity index (χ4n) is 2.48. The third-order valence-corrected chi connectivity index (χ3v) is 4.18. The summed E-state index contributed by atoms with van der Waals surface area (Å²) in [5.74, 6) is -3.97. The molecule has 1 unspecified atom stereocenters. The Kier molecular flexibility index (Phi) is 3.75. The summed E-state index contributed by atoms with van der Waals surface area (Å²) in [7, 11) is 0. The molecule has 0 saturated carbocycles. The summed E-state index contributed by atoms with van der Waals surface area (Å²) in [6.45, 7) is 3.57. The molecule has 0 aromatic heterocycles. The van der Waals surface area contributed by atoms with Gasteiger partial charge in [0, 0.05) is 24.9 Å². The van der Waals surface area contributed by atoms with Gasteiger partial charge in [0.2, 0.25) is 5.91 Å². The van der Waals surface area contributed by atoms with E-state index in [9.17, 15) is 13.6 Å². The summed E-state index contributed by atoms with van der Waals surface area (Å²) < 4.78 is 28.0. The van der Waals surface area contributed by atoms with Crippen molar-refractivity contribution in [2.45, 2.75) is 31.7 Å². The van der Waals surface area contributed by atoms with Crippen molar-refractivity contribution in [2.24, 2.45) is 11.5 Å². The first-order valence-electron chi connectivity index (χ1n) is 6.43. The quantitative estimate of drug-likeness (QED) is 0.733. The number of carbonyl (C=O) groups is 1. The Morgan fingerprint density at radius 2 is 2.19 bits per heavy atom. The van der Waals surface area contributed by atoms with Gasteiger partial charge in [-0.3, -0.25) is 4.79 Å². The van der Waals surface area contributed by atoms with Crippen LogP contribution in [-0.2, 0) is 4.79 Å². The van der Waals surface area contributed by atoms with Gasteiger partial charge in [0.25, 0.3) is 5.92 Å². The Balaban J connectivity index is 2.58. The molecule has 0 saturated heterocycles. The van der Waals surface area contributed by atoms with Gasteiger partial charge in [-0.15, -0.1) is 0 Å². The zero-order chi connectivity index (χ0) is 16.0. The van der Waals surface area contributed by atoms with Crippen LogP contribution in [0.4, 0.5) is 8.78 Å². The molecule has 21 heavy (non-hydrogen) atoms. The first-order chi connectivity index (χ1) is 9.65. The molecule has 2 rings (SSSR count). The van der Waals surface area contributed by atoms with Crippen molar-refractivity contribution < 1.29 is 13.6 Å². The van der Waals surface area contributed by atoms with Crippen LogP contribution in [0.15, 0.2) is 34.2 Å². The number of carbonyl (C=O) groups excluding carboxylic acids is 1. The van der Waals surface area contributed by atoms with E-state index >= 15 is 0 Å². The monoisotopic (exact) mass is 318 g/mol. The van der Waals surface area contributed by atoms with Gasteiger partial charge in [0.15, 0.2) is 5.54 Å². The molecule has 1 heterocycles. The zero-order valence-electron chi connectivity index (χ0n) is 11.7. The molecule has 0 bridgehead atoms. The second kappa shape index (κ2) is 4.99. The lowest BCUT2D eigenvalue weighted by molar-refractivity contribution is -0.122. The van der Waals surface area contributed by atoms with E-state index in [4.69, 9.17) is 23.1 Å². The molecule has 1 atom stereocenters. The summed E-state index contributed by atoms with van der Waals surface area (Å²) in [6, 6.07) is 0. The number of nitrogens with two attached hydrogens (primary N) is 2. The van der Waals surface area contributed by atoms with Crippen molar-refractivity contribution >= 4 is 17.5 Å². The average Bonchev–Trinajstić information content (AvgIpc) is 2.72. The second-order valence-corrected chi connectivity index (χ2v) is 5.54. The molecule has 1 aliphatic heterocycles. The molecule has 5 N–H and O–H groups in total. The normalized spacial score (nSPS) is 28.5. The van der Waals surface area contributed by atoms with Crippen molar-refractivity contribution in [3.8, 4) is 0 Å². The number of amides is 1. The SMILES string of the molecule is CCN1C=C(Cl)C(C(N)=O)(C2=C(N)C=C(C)C(F)(F)C2)N1. The Bertz CT molecular complexity index is 585. The standard InChI is InChI=1S/C13H17ClF2N4O/c1-3-20-6-10(14)13(19-20,11(18)21)8-5-12(15,16)7(2)4-9(8)17/h4,6,19H,3,5,17H2,1-2H3,(H2,18,21). The molecule has 0 fully saturated rings. The first kappa shape index (κ1) is 15.8. The number of nitrogens with zero attached hydrogens (tertiary/aromatic N) is 1. The molecule has 0 radical (unpaired) electrons. The highest BCUT2D eigenvalue weighted by atomic mass is 35.5. The predicted octanol–water partition coefficient (Wildman–Crippen LogP) is 1.33. The van der Waals surface area contributed by atoms with E-state index in [0.717, 1.165) is 6.08 Å². The summed E-state index contributed by atoms with van der Waals surface area (Å²) >= 11 is 6.13. The molecule has 116 valence electrons. The molecular formula is C13H17ClF2N4O. The van der Waals surface area contributed by atoms with Crippen molar-refractivity contribution in [1.29, 1.82) is 0 Å². The molecule has 1 amide bonds. The number of hydrogen-bond donors (Lipinski definition) is 3. The van der Waals surface area contributed by atoms with E-state index in [1.807, 2.05) is 6.92 Å². The fraction of sp³-hybridized carbons (Fsp3) is 0.462. The molecule has 0 aromatic carbocycles. The average molecular weight is 319 g/mol. The highest BCUT2D eigenvalue weighted by molar-refractivity contribution is 6.34.